The number of carboxylic acid groups (broad SMARTS) is 2. The van der Waals surface area contributed by atoms with E-state index in [-0.39, 0.29) is 11.4 Å². The molecule has 8 nitrogen and oxygen atoms in total. The first-order valence-electron chi connectivity index (χ1n) is 4.84. The minimum atomic E-state index is -1.18. The van der Waals surface area contributed by atoms with E-state index in [1.807, 2.05) is 0 Å². The van der Waals surface area contributed by atoms with Crippen molar-refractivity contribution in [2.45, 2.75) is 0 Å². The van der Waals surface area contributed by atoms with E-state index >= 15 is 0 Å². The van der Waals surface area contributed by atoms with Gasteiger partial charge in [0, 0.05) is 6.20 Å². The van der Waals surface area contributed by atoms with Crippen LogP contribution in [0.3, 0.4) is 0 Å². The van der Waals surface area contributed by atoms with Crippen molar-refractivity contribution in [1.82, 2.24) is 4.98 Å². The number of hydrogen-bond acceptors (Lipinski definition) is 5. The summed E-state index contributed by atoms with van der Waals surface area (Å²) < 4.78 is 0. The first-order valence-corrected chi connectivity index (χ1v) is 4.84. The van der Waals surface area contributed by atoms with Gasteiger partial charge in [-0.15, -0.1) is 0 Å². The van der Waals surface area contributed by atoms with Gasteiger partial charge in [-0.05, 0) is 12.1 Å². The Kier molecular flexibility index (Phi) is 4.19. The summed E-state index contributed by atoms with van der Waals surface area (Å²) >= 11 is 0. The van der Waals surface area contributed by atoms with Crippen molar-refractivity contribution >= 4 is 23.7 Å². The van der Waals surface area contributed by atoms with Crippen LogP contribution < -0.4 is 10.6 Å². The zero-order valence-corrected chi connectivity index (χ0v) is 9.24. The molecule has 1 aromatic heterocycles. The van der Waals surface area contributed by atoms with Gasteiger partial charge in [0.1, 0.15) is 18.9 Å². The topological polar surface area (TPSA) is 134 Å². The summed E-state index contributed by atoms with van der Waals surface area (Å²) in [5, 5.41) is 17.3. The van der Waals surface area contributed by atoms with Gasteiger partial charge in [-0.3, -0.25) is 14.4 Å². The van der Waals surface area contributed by atoms with Crippen LogP contribution in [0.15, 0.2) is 18.3 Å². The van der Waals surface area contributed by atoms with Crippen LogP contribution in [0, 0.1) is 0 Å². The Morgan fingerprint density at radius 3 is 2.06 bits per heavy atom. The minimum absolute atomic E-state index is 0.143. The first kappa shape index (κ1) is 13.4. The summed E-state index contributed by atoms with van der Waals surface area (Å²) in [6.07, 6.45) is 1.16. The van der Waals surface area contributed by atoms with Gasteiger partial charge in [-0.25, -0.2) is 4.98 Å². The van der Waals surface area contributed by atoms with Crippen LogP contribution in [0.1, 0.15) is 10.4 Å². The van der Waals surface area contributed by atoms with Crippen LogP contribution in [-0.4, -0.2) is 46.1 Å². The van der Waals surface area contributed by atoms with E-state index in [9.17, 15) is 14.4 Å². The SMILES string of the molecule is NC(=O)c1ccc(N(CC(=O)O)CC(=O)O)nc1. The molecule has 0 aliphatic carbocycles. The molecule has 96 valence electrons. The zero-order chi connectivity index (χ0) is 13.7. The van der Waals surface area contributed by atoms with Gasteiger partial charge in [-0.1, -0.05) is 0 Å². The number of anilines is 1. The number of hydrogen-bond donors (Lipinski definition) is 3. The second kappa shape index (κ2) is 5.62. The fraction of sp³-hybridized carbons (Fsp3) is 0.200. The predicted molar refractivity (Wildman–Crippen MR) is 60.2 cm³/mol. The summed E-state index contributed by atoms with van der Waals surface area (Å²) in [6, 6.07) is 2.69. The maximum absolute atomic E-state index is 10.8. The Balaban J connectivity index is 2.93. The number of nitrogens with zero attached hydrogens (tertiary/aromatic N) is 2. The van der Waals surface area contributed by atoms with Crippen LogP contribution in [0.2, 0.25) is 0 Å². The Hall–Kier alpha value is -2.64. The molecule has 4 N–H and O–H groups in total. The van der Waals surface area contributed by atoms with Crippen LogP contribution in [0.25, 0.3) is 0 Å². The molecule has 0 saturated carbocycles. The van der Waals surface area contributed by atoms with Crippen molar-refractivity contribution in [3.63, 3.8) is 0 Å². The van der Waals surface area contributed by atoms with Crippen molar-refractivity contribution in [2.75, 3.05) is 18.0 Å². The Bertz CT molecular complexity index is 455. The molecule has 0 bridgehead atoms. The highest BCUT2D eigenvalue weighted by Gasteiger charge is 2.15. The van der Waals surface area contributed by atoms with Crippen LogP contribution >= 0.6 is 0 Å². The highest BCUT2D eigenvalue weighted by molar-refractivity contribution is 5.92. The highest BCUT2D eigenvalue weighted by Crippen LogP contribution is 2.10. The lowest BCUT2D eigenvalue weighted by Crippen LogP contribution is -2.35. The molecule has 0 aromatic carbocycles. The van der Waals surface area contributed by atoms with Crippen molar-refractivity contribution in [3.8, 4) is 0 Å². The summed E-state index contributed by atoms with van der Waals surface area (Å²) in [5.74, 6) is -2.89. The minimum Gasteiger partial charge on any atom is -0.480 e. The maximum atomic E-state index is 10.8. The third-order valence-electron chi connectivity index (χ3n) is 2.01. The molecule has 1 amide bonds. The normalized spacial score (nSPS) is 9.78. The van der Waals surface area contributed by atoms with Crippen LogP contribution in [-0.2, 0) is 9.59 Å². The number of aromatic nitrogens is 1. The van der Waals surface area contributed by atoms with E-state index in [0.29, 0.717) is 0 Å². The molecule has 0 spiro atoms. The fourth-order valence-electron chi connectivity index (χ4n) is 1.26. The zero-order valence-electron chi connectivity index (χ0n) is 9.24. The average molecular weight is 253 g/mol. The van der Waals surface area contributed by atoms with Gasteiger partial charge >= 0.3 is 11.9 Å². The second-order valence-corrected chi connectivity index (χ2v) is 3.41. The number of carbonyl (C=O) groups excluding carboxylic acids is 1. The first-order chi connectivity index (χ1) is 8.40. The quantitative estimate of drug-likeness (QED) is 0.601. The van der Waals surface area contributed by atoms with E-state index < -0.39 is 30.9 Å². The summed E-state index contributed by atoms with van der Waals surface area (Å²) in [6.45, 7) is -1.01. The number of amides is 1. The van der Waals surface area contributed by atoms with Gasteiger partial charge in [-0.2, -0.15) is 0 Å². The largest absolute Gasteiger partial charge is 0.480 e. The Morgan fingerprint density at radius 1 is 1.17 bits per heavy atom. The van der Waals surface area contributed by atoms with Gasteiger partial charge in [0.15, 0.2) is 0 Å². The van der Waals surface area contributed by atoms with Crippen LogP contribution in [0.4, 0.5) is 5.82 Å². The molecule has 18 heavy (non-hydrogen) atoms. The number of nitrogens with two attached hydrogens (primary N) is 1. The maximum Gasteiger partial charge on any atom is 0.323 e. The number of primary amides is 1. The summed E-state index contributed by atoms with van der Waals surface area (Å²) in [4.78, 5) is 36.9. The lowest BCUT2D eigenvalue weighted by molar-refractivity contribution is -0.136. The van der Waals surface area contributed by atoms with Crippen molar-refractivity contribution < 1.29 is 24.6 Å². The van der Waals surface area contributed by atoms with Gasteiger partial charge in [0.2, 0.25) is 5.91 Å². The number of aliphatic carboxylic acids is 2. The molecule has 0 atom stereocenters. The summed E-state index contributed by atoms with van der Waals surface area (Å²) in [7, 11) is 0. The molecule has 1 aromatic rings. The smallest absolute Gasteiger partial charge is 0.323 e. The van der Waals surface area contributed by atoms with E-state index in [2.05, 4.69) is 4.98 Å². The number of carbonyl (C=O) groups is 3. The molecular formula is C10H11N3O5. The standard InChI is InChI=1S/C10H11N3O5/c11-10(18)6-1-2-7(12-3-6)13(4-8(14)15)5-9(16)17/h1-3H,4-5H2,(H2,11,18)(H,14,15)(H,16,17). The molecule has 1 heterocycles. The van der Waals surface area contributed by atoms with E-state index in [1.165, 1.54) is 12.1 Å². The molecule has 0 fully saturated rings. The molecule has 0 saturated heterocycles. The lowest BCUT2D eigenvalue weighted by atomic mass is 10.2. The lowest BCUT2D eigenvalue weighted by Gasteiger charge is -2.19. The third kappa shape index (κ3) is 3.74. The van der Waals surface area contributed by atoms with E-state index in [1.54, 1.807) is 0 Å². The molecular weight excluding hydrogens is 242 g/mol. The predicted octanol–water partition coefficient (Wildman–Crippen LogP) is -0.844. The molecule has 8 heteroatoms. The van der Waals surface area contributed by atoms with Crippen LogP contribution in [0.5, 0.6) is 0 Å². The molecule has 0 unspecified atom stereocenters. The van der Waals surface area contributed by atoms with Crippen molar-refractivity contribution in [2.24, 2.45) is 5.73 Å². The molecule has 0 aliphatic heterocycles. The van der Waals surface area contributed by atoms with Gasteiger partial charge in [0.05, 0.1) is 5.56 Å². The van der Waals surface area contributed by atoms with E-state index in [0.717, 1.165) is 11.1 Å². The number of carboxylic acids is 2. The highest BCUT2D eigenvalue weighted by atomic mass is 16.4. The fourth-order valence-corrected chi connectivity index (χ4v) is 1.26. The van der Waals surface area contributed by atoms with Gasteiger partial charge in [0.25, 0.3) is 0 Å². The molecule has 0 radical (unpaired) electrons. The Labute approximate surface area is 102 Å². The van der Waals surface area contributed by atoms with E-state index in [4.69, 9.17) is 15.9 Å². The summed E-state index contributed by atoms with van der Waals surface area (Å²) in [5.41, 5.74) is 5.18. The average Bonchev–Trinajstić information content (AvgIpc) is 2.27. The Morgan fingerprint density at radius 2 is 1.72 bits per heavy atom. The molecule has 1 rings (SSSR count). The second-order valence-electron chi connectivity index (χ2n) is 3.41. The van der Waals surface area contributed by atoms with Crippen molar-refractivity contribution in [3.05, 3.63) is 23.9 Å². The molecule has 0 aliphatic rings. The monoisotopic (exact) mass is 253 g/mol. The number of pyridine rings is 1. The third-order valence-corrected chi connectivity index (χ3v) is 2.01. The van der Waals surface area contributed by atoms with Gasteiger partial charge < -0.3 is 20.8 Å². The van der Waals surface area contributed by atoms with Crippen molar-refractivity contribution in [1.29, 1.82) is 0 Å². The number of rotatable bonds is 6.